The SMILES string of the molecule is FC(F)=C(F)C(c1c(F)c(F)c(F)c(C(F)(F)F)c1C(F)(F)F)c1c(F)c(F)c(F)c(C(F)(F)F)c1C(F)(F)F. The van der Waals surface area contributed by atoms with Crippen molar-refractivity contribution in [2.24, 2.45) is 0 Å². The second-order valence-electron chi connectivity index (χ2n) is 7.24. The normalized spacial score (nSPS) is 13.3. The maximum atomic E-state index is 14.5. The molecular formula is C19HF21. The quantitative estimate of drug-likeness (QED) is 0.235. The molecule has 21 heteroatoms. The Morgan fingerprint density at radius 1 is 0.375 bits per heavy atom. The molecule has 0 atom stereocenters. The van der Waals surface area contributed by atoms with Crippen LogP contribution in [0.15, 0.2) is 11.9 Å². The van der Waals surface area contributed by atoms with Gasteiger partial charge in [-0.3, -0.25) is 0 Å². The van der Waals surface area contributed by atoms with E-state index in [2.05, 4.69) is 0 Å². The van der Waals surface area contributed by atoms with E-state index in [1.54, 1.807) is 0 Å². The highest BCUT2D eigenvalue weighted by atomic mass is 19.4. The van der Waals surface area contributed by atoms with Gasteiger partial charge >= 0.3 is 30.8 Å². The van der Waals surface area contributed by atoms with Gasteiger partial charge in [-0.2, -0.15) is 61.5 Å². The van der Waals surface area contributed by atoms with E-state index in [4.69, 9.17) is 0 Å². The lowest BCUT2D eigenvalue weighted by Crippen LogP contribution is -2.29. The van der Waals surface area contributed by atoms with Gasteiger partial charge < -0.3 is 0 Å². The molecule has 0 spiro atoms. The van der Waals surface area contributed by atoms with Crippen molar-refractivity contribution < 1.29 is 92.2 Å². The van der Waals surface area contributed by atoms with Gasteiger partial charge in [-0.25, -0.2) is 30.7 Å². The molecule has 0 unspecified atom stereocenters. The summed E-state index contributed by atoms with van der Waals surface area (Å²) in [4.78, 5) is 0. The number of hydrogen-bond acceptors (Lipinski definition) is 0. The zero-order chi connectivity index (χ0) is 31.7. The lowest BCUT2D eigenvalue weighted by molar-refractivity contribution is -0.165. The predicted octanol–water partition coefficient (Wildman–Crippen LogP) is 9.81. The number of benzene rings is 2. The highest BCUT2D eigenvalue weighted by Crippen LogP contribution is 2.54. The Morgan fingerprint density at radius 2 is 0.625 bits per heavy atom. The number of rotatable bonds is 3. The zero-order valence-electron chi connectivity index (χ0n) is 17.5. The second-order valence-corrected chi connectivity index (χ2v) is 7.24. The second kappa shape index (κ2) is 9.96. The molecule has 0 heterocycles. The zero-order valence-corrected chi connectivity index (χ0v) is 17.5. The predicted molar refractivity (Wildman–Crippen MR) is 84.8 cm³/mol. The molecule has 2 rings (SSSR count). The molecule has 0 amide bonds. The highest BCUT2D eigenvalue weighted by Gasteiger charge is 2.56. The van der Waals surface area contributed by atoms with E-state index in [1.165, 1.54) is 0 Å². The lowest BCUT2D eigenvalue weighted by atomic mass is 9.80. The van der Waals surface area contributed by atoms with Crippen molar-refractivity contribution >= 4 is 0 Å². The van der Waals surface area contributed by atoms with E-state index in [9.17, 15) is 92.2 Å². The van der Waals surface area contributed by atoms with E-state index >= 15 is 0 Å². The van der Waals surface area contributed by atoms with Crippen molar-refractivity contribution in [2.45, 2.75) is 30.6 Å². The fraction of sp³-hybridized carbons (Fsp3) is 0.263. The topological polar surface area (TPSA) is 0 Å². The minimum absolute atomic E-state index is 3.81. The summed E-state index contributed by atoms with van der Waals surface area (Å²) in [6.07, 6.45) is -32.2. The summed E-state index contributed by atoms with van der Waals surface area (Å²) in [7, 11) is 0. The third-order valence-corrected chi connectivity index (χ3v) is 4.87. The third kappa shape index (κ3) is 5.50. The van der Waals surface area contributed by atoms with Crippen LogP contribution < -0.4 is 0 Å². The van der Waals surface area contributed by atoms with Crippen LogP contribution in [0.25, 0.3) is 0 Å². The fourth-order valence-corrected chi connectivity index (χ4v) is 3.53. The van der Waals surface area contributed by atoms with Gasteiger partial charge in [-0.15, -0.1) is 0 Å². The third-order valence-electron chi connectivity index (χ3n) is 4.87. The van der Waals surface area contributed by atoms with Crippen molar-refractivity contribution in [1.82, 2.24) is 0 Å². The van der Waals surface area contributed by atoms with Crippen molar-refractivity contribution in [3.63, 3.8) is 0 Å². The van der Waals surface area contributed by atoms with Crippen molar-refractivity contribution in [3.05, 3.63) is 80.2 Å². The van der Waals surface area contributed by atoms with Gasteiger partial charge in [-0.1, -0.05) is 0 Å². The fourth-order valence-electron chi connectivity index (χ4n) is 3.53. The first kappa shape index (κ1) is 32.9. The number of halogens is 21. The molecule has 40 heavy (non-hydrogen) atoms. The van der Waals surface area contributed by atoms with Crippen molar-refractivity contribution in [3.8, 4) is 0 Å². The van der Waals surface area contributed by atoms with Crippen molar-refractivity contribution in [2.75, 3.05) is 0 Å². The monoisotopic (exact) mass is 628 g/mol. The van der Waals surface area contributed by atoms with Gasteiger partial charge in [0.2, 0.25) is 0 Å². The molecule has 0 N–H and O–H groups in total. The molecule has 0 aliphatic rings. The van der Waals surface area contributed by atoms with Crippen LogP contribution in [-0.4, -0.2) is 0 Å². The molecule has 0 aromatic heterocycles. The lowest BCUT2D eigenvalue weighted by Gasteiger charge is -2.29. The summed E-state index contributed by atoms with van der Waals surface area (Å²) >= 11 is 0. The first-order valence-electron chi connectivity index (χ1n) is 9.08. The molecular weight excluding hydrogens is 627 g/mol. The van der Waals surface area contributed by atoms with Gasteiger partial charge in [0.1, 0.15) is 11.1 Å². The average molecular weight is 628 g/mol. The molecule has 0 saturated heterocycles. The molecule has 2 aromatic carbocycles. The molecule has 0 radical (unpaired) electrons. The van der Waals surface area contributed by atoms with Crippen LogP contribution in [0.3, 0.4) is 0 Å². The first-order chi connectivity index (χ1) is 17.7. The molecule has 2 aromatic rings. The van der Waals surface area contributed by atoms with Crippen molar-refractivity contribution in [1.29, 1.82) is 0 Å². The average Bonchev–Trinajstić information content (AvgIpc) is 2.74. The number of hydrogen-bond donors (Lipinski definition) is 0. The van der Waals surface area contributed by atoms with E-state index in [0.29, 0.717) is 0 Å². The minimum Gasteiger partial charge on any atom is -0.205 e. The minimum atomic E-state index is -7.07. The van der Waals surface area contributed by atoms with Gasteiger partial charge in [0.25, 0.3) is 0 Å². The number of alkyl halides is 12. The Morgan fingerprint density at radius 3 is 0.825 bits per heavy atom. The summed E-state index contributed by atoms with van der Waals surface area (Å²) in [5.41, 5.74) is -24.1. The molecule has 0 aliphatic carbocycles. The van der Waals surface area contributed by atoms with Crippen LogP contribution in [0.5, 0.6) is 0 Å². The van der Waals surface area contributed by atoms with Crippen LogP contribution in [-0.2, 0) is 24.7 Å². The Bertz CT molecular complexity index is 1270. The van der Waals surface area contributed by atoms with Crippen LogP contribution in [0, 0.1) is 34.9 Å². The van der Waals surface area contributed by atoms with Gasteiger partial charge in [0.15, 0.2) is 40.7 Å². The summed E-state index contributed by atoms with van der Waals surface area (Å²) in [6, 6.07) is 0. The standard InChI is InChI=1S/C19HF21/c20-8-2(4(16(29,30)31)6(18(35,36)37)11(23)13(8)25)1(10(22)15(27)28)3-5(17(32,33)34)7(19(38,39)40)12(24)14(26)9(3)21/h1H. The molecule has 0 bridgehead atoms. The van der Waals surface area contributed by atoms with Crippen LogP contribution in [0.2, 0.25) is 0 Å². The van der Waals surface area contributed by atoms with Gasteiger partial charge in [0, 0.05) is 11.1 Å². The van der Waals surface area contributed by atoms with Crippen LogP contribution in [0.1, 0.15) is 39.3 Å². The first-order valence-corrected chi connectivity index (χ1v) is 9.08. The van der Waals surface area contributed by atoms with Gasteiger partial charge in [0.05, 0.1) is 17.0 Å². The molecule has 0 fully saturated rings. The van der Waals surface area contributed by atoms with E-state index < -0.39 is 111 Å². The molecule has 224 valence electrons. The Hall–Kier alpha value is -3.29. The molecule has 0 saturated carbocycles. The molecule has 0 nitrogen and oxygen atoms in total. The largest absolute Gasteiger partial charge is 0.419 e. The van der Waals surface area contributed by atoms with Crippen LogP contribution >= 0.6 is 0 Å². The maximum absolute atomic E-state index is 14.5. The summed E-state index contributed by atoms with van der Waals surface area (Å²) in [6.45, 7) is 0. The maximum Gasteiger partial charge on any atom is 0.419 e. The van der Waals surface area contributed by atoms with E-state index in [1.807, 2.05) is 0 Å². The van der Waals surface area contributed by atoms with Crippen LogP contribution in [0.4, 0.5) is 92.2 Å². The Kier molecular flexibility index (Phi) is 8.20. The Balaban J connectivity index is 3.56. The number of allylic oxidation sites excluding steroid dienone is 1. The van der Waals surface area contributed by atoms with E-state index in [-0.39, 0.29) is 0 Å². The summed E-state index contributed by atoms with van der Waals surface area (Å²) < 4.78 is 286. The highest BCUT2D eigenvalue weighted by molar-refractivity contribution is 5.55. The van der Waals surface area contributed by atoms with Gasteiger partial charge in [-0.05, 0) is 0 Å². The summed E-state index contributed by atoms with van der Waals surface area (Å²) in [5, 5.41) is 0. The smallest absolute Gasteiger partial charge is 0.205 e. The summed E-state index contributed by atoms with van der Waals surface area (Å²) in [5.74, 6) is -32.5. The van der Waals surface area contributed by atoms with E-state index in [0.717, 1.165) is 0 Å². The molecule has 0 aliphatic heterocycles. The Labute approximate surface area is 204 Å².